The molecule has 0 spiro atoms. The number of hydrogen-bond acceptors (Lipinski definition) is 7. The number of rotatable bonds is 5. The summed E-state index contributed by atoms with van der Waals surface area (Å²) in [6, 6.07) is 8.48. The van der Waals surface area contributed by atoms with Crippen LogP contribution in [0.1, 0.15) is 12.5 Å². The molecule has 0 aliphatic carbocycles. The number of benzene rings is 1. The Morgan fingerprint density at radius 1 is 1.40 bits per heavy atom. The molecule has 1 aromatic carbocycles. The van der Waals surface area contributed by atoms with Gasteiger partial charge in [-0.05, 0) is 31.2 Å². The largest absolute Gasteiger partial charge is 0.610 e. The lowest BCUT2D eigenvalue weighted by atomic mass is 9.97. The number of aromatic nitrogens is 1. The van der Waals surface area contributed by atoms with Gasteiger partial charge in [-0.25, -0.2) is 13.4 Å². The molecule has 1 aliphatic rings. The van der Waals surface area contributed by atoms with Crippen LogP contribution < -0.4 is 0 Å². The third kappa shape index (κ3) is 4.17. The monoisotopic (exact) mass is 489 g/mol. The fraction of sp³-hybridized carbons (Fsp3) is 0.333. The number of aliphatic hydroxyl groups is 2. The van der Waals surface area contributed by atoms with Gasteiger partial charge >= 0.3 is 0 Å². The van der Waals surface area contributed by atoms with Gasteiger partial charge in [-0.1, -0.05) is 23.2 Å². The van der Waals surface area contributed by atoms with Crippen LogP contribution in [0.5, 0.6) is 0 Å². The lowest BCUT2D eigenvalue weighted by molar-refractivity contribution is -0.0513. The molecule has 1 aliphatic heterocycles. The van der Waals surface area contributed by atoms with Gasteiger partial charge in [-0.2, -0.15) is 9.57 Å². The minimum absolute atomic E-state index is 0.0964. The molecule has 160 valence electrons. The predicted molar refractivity (Wildman–Crippen MR) is 111 cm³/mol. The third-order valence-electron chi connectivity index (χ3n) is 4.92. The third-order valence-corrected chi connectivity index (χ3v) is 9.17. The van der Waals surface area contributed by atoms with E-state index in [2.05, 4.69) is 4.98 Å². The zero-order valence-corrected chi connectivity index (χ0v) is 18.7. The Labute approximate surface area is 186 Å². The summed E-state index contributed by atoms with van der Waals surface area (Å²) in [6.07, 6.45) is -0.0914. The number of β-amino-alcohol motifs (C(OH)–C–C–N with tert-alkyl or cyclic N) is 1. The molecular weight excluding hydrogens is 473 g/mol. The number of pyridine rings is 1. The van der Waals surface area contributed by atoms with E-state index in [1.165, 1.54) is 43.5 Å². The van der Waals surface area contributed by atoms with E-state index in [4.69, 9.17) is 28.5 Å². The van der Waals surface area contributed by atoms with E-state index in [-0.39, 0.29) is 27.1 Å². The molecule has 30 heavy (non-hydrogen) atoms. The van der Waals surface area contributed by atoms with Crippen molar-refractivity contribution in [2.75, 3.05) is 13.1 Å². The van der Waals surface area contributed by atoms with Crippen LogP contribution in [-0.2, 0) is 21.2 Å². The molecule has 4 atom stereocenters. The number of nitriles is 1. The van der Waals surface area contributed by atoms with Crippen molar-refractivity contribution in [2.24, 2.45) is 0 Å². The van der Waals surface area contributed by atoms with Crippen LogP contribution in [0.4, 0.5) is 0 Å². The molecule has 2 N–H and O–H groups in total. The number of sulfonamides is 1. The first-order valence-corrected chi connectivity index (χ1v) is 12.0. The van der Waals surface area contributed by atoms with Gasteiger partial charge in [-0.3, -0.25) is 0 Å². The fourth-order valence-electron chi connectivity index (χ4n) is 3.17. The summed E-state index contributed by atoms with van der Waals surface area (Å²) in [5, 5.41) is 29.3. The zero-order chi connectivity index (χ0) is 22.3. The van der Waals surface area contributed by atoms with Gasteiger partial charge in [-0.15, -0.1) is 0 Å². The minimum atomic E-state index is -4.21. The van der Waals surface area contributed by atoms with E-state index in [0.29, 0.717) is 5.02 Å². The molecule has 0 saturated carbocycles. The van der Waals surface area contributed by atoms with Crippen molar-refractivity contribution in [3.05, 3.63) is 52.1 Å². The summed E-state index contributed by atoms with van der Waals surface area (Å²) < 4.78 is 40.3. The average Bonchev–Trinajstić information content (AvgIpc) is 3.07. The molecule has 0 amide bonds. The molecule has 1 saturated heterocycles. The van der Waals surface area contributed by atoms with Gasteiger partial charge in [0.05, 0.1) is 47.1 Å². The second kappa shape index (κ2) is 8.61. The standard InChI is InChI=1S/C18H17Cl2N3O5S2/c1-11(24)18(25)10-23(9-16(18)29(26)17-5-3-13(19)8-22-17)30(27,28)15-4-2-12(7-21)6-14(15)20/h2-6,8,11,16,24-25H,9-10H2,1H3/t11-,16+,18?,29?/m1/s1. The van der Waals surface area contributed by atoms with E-state index in [0.717, 1.165) is 4.31 Å². The van der Waals surface area contributed by atoms with Gasteiger partial charge in [0.1, 0.15) is 4.90 Å². The van der Waals surface area contributed by atoms with Crippen LogP contribution >= 0.6 is 23.2 Å². The van der Waals surface area contributed by atoms with Crippen molar-refractivity contribution in [3.63, 3.8) is 0 Å². The minimum Gasteiger partial charge on any atom is -0.610 e. The van der Waals surface area contributed by atoms with Crippen molar-refractivity contribution in [2.45, 2.75) is 33.8 Å². The van der Waals surface area contributed by atoms with E-state index >= 15 is 0 Å². The van der Waals surface area contributed by atoms with Gasteiger partial charge in [0.15, 0.2) is 10.9 Å². The molecule has 2 heterocycles. The molecule has 2 aromatic rings. The Balaban J connectivity index is 1.98. The molecule has 1 aromatic heterocycles. The molecule has 0 radical (unpaired) electrons. The maximum atomic E-state index is 13.1. The topological polar surface area (TPSA) is 138 Å². The zero-order valence-electron chi connectivity index (χ0n) is 15.6. The summed E-state index contributed by atoms with van der Waals surface area (Å²) in [4.78, 5) is 3.72. The summed E-state index contributed by atoms with van der Waals surface area (Å²) in [5.41, 5.74) is -1.80. The highest BCUT2D eigenvalue weighted by Gasteiger charge is 2.58. The second-order valence-corrected chi connectivity index (χ2v) is 11.2. The summed E-state index contributed by atoms with van der Waals surface area (Å²) in [6.45, 7) is 0.467. The highest BCUT2D eigenvalue weighted by molar-refractivity contribution is 7.92. The van der Waals surface area contributed by atoms with Crippen molar-refractivity contribution in [3.8, 4) is 6.07 Å². The quantitative estimate of drug-likeness (QED) is 0.607. The molecule has 2 unspecified atom stereocenters. The van der Waals surface area contributed by atoms with Crippen molar-refractivity contribution >= 4 is 44.4 Å². The average molecular weight is 490 g/mol. The smallest absolute Gasteiger partial charge is 0.244 e. The Bertz CT molecular complexity index is 1090. The molecular formula is C18H17Cl2N3O5S2. The predicted octanol–water partition coefficient (Wildman–Crippen LogP) is 1.55. The van der Waals surface area contributed by atoms with Crippen LogP contribution in [0.15, 0.2) is 46.5 Å². The maximum absolute atomic E-state index is 13.1. The normalized spacial score (nSPS) is 24.4. The SMILES string of the molecule is C[C@@H](O)C1(O)CN(S(=O)(=O)c2ccc(C#N)cc2Cl)C[C@@H]1[S+]([O-])c1ccc(Cl)cn1. The Kier molecular flexibility index (Phi) is 6.67. The van der Waals surface area contributed by atoms with E-state index < -0.39 is 44.7 Å². The van der Waals surface area contributed by atoms with Crippen LogP contribution in [0.3, 0.4) is 0 Å². The first-order valence-electron chi connectivity index (χ1n) is 8.63. The maximum Gasteiger partial charge on any atom is 0.244 e. The van der Waals surface area contributed by atoms with Gasteiger partial charge in [0.25, 0.3) is 0 Å². The van der Waals surface area contributed by atoms with Gasteiger partial charge in [0, 0.05) is 17.2 Å². The first-order chi connectivity index (χ1) is 14.0. The summed E-state index contributed by atoms with van der Waals surface area (Å²) >= 11 is 9.92. The van der Waals surface area contributed by atoms with Crippen LogP contribution in [-0.4, -0.2) is 62.5 Å². The lowest BCUT2D eigenvalue weighted by Gasteiger charge is -2.31. The van der Waals surface area contributed by atoms with Gasteiger partial charge < -0.3 is 14.8 Å². The van der Waals surface area contributed by atoms with E-state index in [9.17, 15) is 23.2 Å². The number of hydrogen-bond donors (Lipinski definition) is 2. The van der Waals surface area contributed by atoms with Crippen LogP contribution in [0, 0.1) is 11.3 Å². The highest BCUT2D eigenvalue weighted by atomic mass is 35.5. The second-order valence-electron chi connectivity index (χ2n) is 6.82. The summed E-state index contributed by atoms with van der Waals surface area (Å²) in [7, 11) is -4.21. The highest BCUT2D eigenvalue weighted by Crippen LogP contribution is 2.37. The van der Waals surface area contributed by atoms with Crippen molar-refractivity contribution in [1.29, 1.82) is 5.26 Å². The first kappa shape index (κ1) is 23.2. The molecule has 8 nitrogen and oxygen atoms in total. The van der Waals surface area contributed by atoms with Crippen LogP contribution in [0.2, 0.25) is 10.0 Å². The van der Waals surface area contributed by atoms with Crippen molar-refractivity contribution in [1.82, 2.24) is 9.29 Å². The Hall–Kier alpha value is -1.42. The Morgan fingerprint density at radius 3 is 2.63 bits per heavy atom. The van der Waals surface area contributed by atoms with E-state index in [1.807, 2.05) is 6.07 Å². The molecule has 3 rings (SSSR count). The molecule has 0 bridgehead atoms. The summed E-state index contributed by atoms with van der Waals surface area (Å²) in [5.74, 6) is 0. The van der Waals surface area contributed by atoms with Crippen LogP contribution in [0.25, 0.3) is 0 Å². The van der Waals surface area contributed by atoms with Gasteiger partial charge in [0.2, 0.25) is 15.0 Å². The fourth-order valence-corrected chi connectivity index (χ4v) is 7.01. The molecule has 12 heteroatoms. The molecule has 1 fully saturated rings. The van der Waals surface area contributed by atoms with E-state index in [1.54, 1.807) is 0 Å². The number of halogens is 2. The number of aliphatic hydroxyl groups excluding tert-OH is 1. The lowest BCUT2D eigenvalue weighted by Crippen LogP contribution is -2.53. The Morgan fingerprint density at radius 2 is 2.10 bits per heavy atom. The number of nitrogens with zero attached hydrogens (tertiary/aromatic N) is 3. The van der Waals surface area contributed by atoms with Crippen molar-refractivity contribution < 1.29 is 23.2 Å².